The quantitative estimate of drug-likeness (QED) is 0.513. The Kier molecular flexibility index (Phi) is 3.75. The van der Waals surface area contributed by atoms with Gasteiger partial charge < -0.3 is 4.42 Å². The van der Waals surface area contributed by atoms with Crippen molar-refractivity contribution in [3.05, 3.63) is 106 Å². The fourth-order valence-electron chi connectivity index (χ4n) is 2.80. The van der Waals surface area contributed by atoms with Crippen LogP contribution in [0.5, 0.6) is 0 Å². The fourth-order valence-corrected chi connectivity index (χ4v) is 2.80. The van der Waals surface area contributed by atoms with E-state index in [-0.39, 0.29) is 11.2 Å². The summed E-state index contributed by atoms with van der Waals surface area (Å²) in [7, 11) is 0. The van der Waals surface area contributed by atoms with Gasteiger partial charge in [0, 0.05) is 22.8 Å². The molecule has 0 radical (unpaired) electrons. The molecule has 120 valence electrons. The first-order valence-corrected chi connectivity index (χ1v) is 7.95. The van der Waals surface area contributed by atoms with Gasteiger partial charge in [-0.05, 0) is 18.2 Å². The van der Waals surface area contributed by atoms with Crippen LogP contribution in [0.3, 0.4) is 0 Å². The van der Waals surface area contributed by atoms with Crippen molar-refractivity contribution in [2.75, 3.05) is 0 Å². The molecule has 1 aromatic heterocycles. The molecule has 3 heteroatoms. The maximum Gasteiger partial charge on any atom is 0.193 e. The first kappa shape index (κ1) is 15.1. The molecule has 0 amide bonds. The van der Waals surface area contributed by atoms with Crippen LogP contribution in [0.1, 0.15) is 15.9 Å². The van der Waals surface area contributed by atoms with Crippen LogP contribution in [0.4, 0.5) is 0 Å². The molecule has 4 aromatic rings. The molecule has 25 heavy (non-hydrogen) atoms. The topological polar surface area (TPSA) is 47.3 Å². The van der Waals surface area contributed by atoms with Crippen LogP contribution in [0.25, 0.3) is 22.3 Å². The predicted molar refractivity (Wildman–Crippen MR) is 97.8 cm³/mol. The molecule has 0 unspecified atom stereocenters. The minimum atomic E-state index is -0.164. The molecule has 0 atom stereocenters. The molecule has 0 aliphatic heterocycles. The Hall–Kier alpha value is -3.46. The van der Waals surface area contributed by atoms with E-state index in [1.165, 1.54) is 6.07 Å². The van der Waals surface area contributed by atoms with Crippen molar-refractivity contribution in [1.29, 1.82) is 0 Å². The van der Waals surface area contributed by atoms with Crippen LogP contribution in [0.15, 0.2) is 94.1 Å². The Balaban J connectivity index is 1.81. The summed E-state index contributed by atoms with van der Waals surface area (Å²) in [6.45, 7) is 0. The largest absolute Gasteiger partial charge is 0.456 e. The second-order valence-corrected chi connectivity index (χ2v) is 5.75. The first-order valence-electron chi connectivity index (χ1n) is 7.95. The lowest BCUT2D eigenvalue weighted by molar-refractivity contribution is 0.103. The zero-order valence-electron chi connectivity index (χ0n) is 13.3. The molecular formula is C22H14O3. The summed E-state index contributed by atoms with van der Waals surface area (Å²) < 4.78 is 5.86. The fraction of sp³-hybridized carbons (Fsp3) is 0. The summed E-state index contributed by atoms with van der Waals surface area (Å²) >= 11 is 0. The highest BCUT2D eigenvalue weighted by molar-refractivity contribution is 6.10. The van der Waals surface area contributed by atoms with Gasteiger partial charge in [0.15, 0.2) is 11.2 Å². The lowest BCUT2D eigenvalue weighted by atomic mass is 10.0. The molecule has 0 fully saturated rings. The zero-order valence-corrected chi connectivity index (χ0v) is 13.3. The van der Waals surface area contributed by atoms with Gasteiger partial charge in [-0.3, -0.25) is 9.59 Å². The van der Waals surface area contributed by atoms with Crippen molar-refractivity contribution in [3.8, 4) is 11.3 Å². The molecule has 0 bridgehead atoms. The van der Waals surface area contributed by atoms with Gasteiger partial charge >= 0.3 is 0 Å². The molecule has 3 aromatic carbocycles. The molecule has 0 saturated carbocycles. The SMILES string of the molecule is O=C(c1ccccc1)c1ccc2oc(-c3ccccc3)cc(=O)c2c1. The number of benzene rings is 3. The Morgan fingerprint density at radius 2 is 1.40 bits per heavy atom. The van der Waals surface area contributed by atoms with Crippen LogP contribution < -0.4 is 5.43 Å². The Morgan fingerprint density at radius 3 is 2.12 bits per heavy atom. The number of ketones is 1. The average Bonchev–Trinajstić information content (AvgIpc) is 2.68. The van der Waals surface area contributed by atoms with Gasteiger partial charge in [0.05, 0.1) is 5.39 Å². The third kappa shape index (κ3) is 2.88. The zero-order chi connectivity index (χ0) is 17.2. The van der Waals surface area contributed by atoms with E-state index in [4.69, 9.17) is 4.42 Å². The summed E-state index contributed by atoms with van der Waals surface area (Å²) in [5.41, 5.74) is 2.20. The second kappa shape index (κ2) is 6.21. The maximum absolute atomic E-state index is 12.6. The van der Waals surface area contributed by atoms with Crippen molar-refractivity contribution in [2.24, 2.45) is 0 Å². The van der Waals surface area contributed by atoms with Gasteiger partial charge in [-0.15, -0.1) is 0 Å². The average molecular weight is 326 g/mol. The summed E-state index contributed by atoms with van der Waals surface area (Å²) in [5.74, 6) is 0.397. The van der Waals surface area contributed by atoms with E-state index in [0.29, 0.717) is 27.9 Å². The minimum Gasteiger partial charge on any atom is -0.456 e. The molecule has 4 rings (SSSR count). The number of carbonyl (C=O) groups excluding carboxylic acids is 1. The summed E-state index contributed by atoms with van der Waals surface area (Å²) in [4.78, 5) is 25.1. The van der Waals surface area contributed by atoms with E-state index in [9.17, 15) is 9.59 Å². The van der Waals surface area contributed by atoms with E-state index in [1.807, 2.05) is 48.5 Å². The van der Waals surface area contributed by atoms with Crippen molar-refractivity contribution < 1.29 is 9.21 Å². The number of rotatable bonds is 3. The van der Waals surface area contributed by atoms with Crippen LogP contribution in [0, 0.1) is 0 Å². The molecule has 1 heterocycles. The van der Waals surface area contributed by atoms with Crippen molar-refractivity contribution in [2.45, 2.75) is 0 Å². The third-order valence-corrected chi connectivity index (χ3v) is 4.08. The maximum atomic E-state index is 12.6. The van der Waals surface area contributed by atoms with Gasteiger partial charge in [0.25, 0.3) is 0 Å². The number of hydrogen-bond donors (Lipinski definition) is 0. The lowest BCUT2D eigenvalue weighted by Gasteiger charge is -2.05. The van der Waals surface area contributed by atoms with Crippen LogP contribution >= 0.6 is 0 Å². The number of carbonyl (C=O) groups is 1. The van der Waals surface area contributed by atoms with Crippen LogP contribution in [0.2, 0.25) is 0 Å². The summed E-state index contributed by atoms with van der Waals surface area (Å²) in [6, 6.07) is 24.9. The van der Waals surface area contributed by atoms with Crippen LogP contribution in [-0.2, 0) is 0 Å². The summed E-state index contributed by atoms with van der Waals surface area (Å²) in [5, 5.41) is 0.404. The van der Waals surface area contributed by atoms with E-state index < -0.39 is 0 Å². The summed E-state index contributed by atoms with van der Waals surface area (Å²) in [6.07, 6.45) is 0. The van der Waals surface area contributed by atoms with Gasteiger partial charge in [-0.1, -0.05) is 60.7 Å². The molecule has 0 saturated heterocycles. The van der Waals surface area contributed by atoms with Crippen LogP contribution in [-0.4, -0.2) is 5.78 Å². The normalized spacial score (nSPS) is 10.7. The lowest BCUT2D eigenvalue weighted by Crippen LogP contribution is -2.05. The van der Waals surface area contributed by atoms with E-state index in [1.54, 1.807) is 30.3 Å². The molecule has 0 aliphatic carbocycles. The highest BCUT2D eigenvalue weighted by Gasteiger charge is 2.12. The van der Waals surface area contributed by atoms with E-state index >= 15 is 0 Å². The van der Waals surface area contributed by atoms with Gasteiger partial charge in [0.2, 0.25) is 0 Å². The standard InChI is InChI=1S/C22H14O3/c23-19-14-21(15-7-3-1-4-8-15)25-20-12-11-17(13-18(19)20)22(24)16-9-5-2-6-10-16/h1-14H. The van der Waals surface area contributed by atoms with Gasteiger partial charge in [-0.25, -0.2) is 0 Å². The first-order chi connectivity index (χ1) is 12.2. The van der Waals surface area contributed by atoms with Crippen molar-refractivity contribution >= 4 is 16.8 Å². The number of fused-ring (bicyclic) bond motifs is 1. The highest BCUT2D eigenvalue weighted by atomic mass is 16.3. The monoisotopic (exact) mass is 326 g/mol. The van der Waals surface area contributed by atoms with Crippen molar-refractivity contribution in [3.63, 3.8) is 0 Å². The minimum absolute atomic E-state index is 0.117. The molecular weight excluding hydrogens is 312 g/mol. The predicted octanol–water partition coefficient (Wildman–Crippen LogP) is 4.69. The Morgan fingerprint density at radius 1 is 0.720 bits per heavy atom. The van der Waals surface area contributed by atoms with E-state index in [0.717, 1.165) is 5.56 Å². The highest BCUT2D eigenvalue weighted by Crippen LogP contribution is 2.23. The van der Waals surface area contributed by atoms with Gasteiger partial charge in [-0.2, -0.15) is 0 Å². The second-order valence-electron chi connectivity index (χ2n) is 5.75. The molecule has 0 aliphatic rings. The molecule has 3 nitrogen and oxygen atoms in total. The third-order valence-electron chi connectivity index (χ3n) is 4.08. The Bertz CT molecular complexity index is 1110. The van der Waals surface area contributed by atoms with Crippen molar-refractivity contribution in [1.82, 2.24) is 0 Å². The molecule has 0 N–H and O–H groups in total. The Labute approximate surface area is 144 Å². The van der Waals surface area contributed by atoms with E-state index in [2.05, 4.69) is 0 Å². The smallest absolute Gasteiger partial charge is 0.193 e. The molecule has 0 spiro atoms. The van der Waals surface area contributed by atoms with Gasteiger partial charge in [0.1, 0.15) is 11.3 Å². The number of hydrogen-bond acceptors (Lipinski definition) is 3.